The summed E-state index contributed by atoms with van der Waals surface area (Å²) in [7, 11) is 0. The maximum absolute atomic E-state index is 10.9. The fourth-order valence-corrected chi connectivity index (χ4v) is 1.95. The van der Waals surface area contributed by atoms with Crippen molar-refractivity contribution >= 4 is 23.3 Å². The summed E-state index contributed by atoms with van der Waals surface area (Å²) >= 11 is 5.95. The number of carbonyl (C=O) groups is 1. The van der Waals surface area contributed by atoms with Crippen LogP contribution in [0.25, 0.3) is 0 Å². The molecule has 1 aromatic rings. The van der Waals surface area contributed by atoms with Crippen molar-refractivity contribution in [3.8, 4) is 6.07 Å². The van der Waals surface area contributed by atoms with Crippen LogP contribution in [0.2, 0.25) is 5.02 Å². The molecule has 1 N–H and O–H groups in total. The molecule has 0 heterocycles. The van der Waals surface area contributed by atoms with Crippen LogP contribution in [0.15, 0.2) is 18.2 Å². The average molecular weight is 267 g/mol. The first-order chi connectivity index (χ1) is 8.45. The van der Waals surface area contributed by atoms with Gasteiger partial charge in [-0.15, -0.1) is 0 Å². The summed E-state index contributed by atoms with van der Waals surface area (Å²) in [5, 5.41) is 18.4. The van der Waals surface area contributed by atoms with Crippen molar-refractivity contribution < 1.29 is 9.90 Å². The summed E-state index contributed by atoms with van der Waals surface area (Å²) in [5.74, 6) is -0.644. The van der Waals surface area contributed by atoms with Gasteiger partial charge in [0.1, 0.15) is 12.6 Å². The molecule has 0 aliphatic carbocycles. The second-order valence-electron chi connectivity index (χ2n) is 4.41. The molecule has 18 heavy (non-hydrogen) atoms. The Kier molecular flexibility index (Phi) is 4.99. The van der Waals surface area contributed by atoms with Crippen molar-refractivity contribution in [2.45, 2.75) is 13.8 Å². The van der Waals surface area contributed by atoms with Crippen LogP contribution in [0.1, 0.15) is 19.4 Å². The average Bonchev–Trinajstić information content (AvgIpc) is 2.26. The molecule has 1 aromatic carbocycles. The number of rotatable bonds is 5. The highest BCUT2D eigenvalue weighted by molar-refractivity contribution is 6.32. The molecule has 0 saturated heterocycles. The zero-order valence-electron chi connectivity index (χ0n) is 10.4. The van der Waals surface area contributed by atoms with E-state index in [1.165, 1.54) is 0 Å². The van der Waals surface area contributed by atoms with E-state index in [9.17, 15) is 4.79 Å². The van der Waals surface area contributed by atoms with Crippen molar-refractivity contribution in [2.24, 2.45) is 5.92 Å². The largest absolute Gasteiger partial charge is 0.480 e. The molecular formula is C13H15ClN2O2. The van der Waals surface area contributed by atoms with E-state index in [2.05, 4.69) is 0 Å². The van der Waals surface area contributed by atoms with E-state index in [4.69, 9.17) is 22.0 Å². The van der Waals surface area contributed by atoms with E-state index in [0.29, 0.717) is 22.8 Å². The van der Waals surface area contributed by atoms with E-state index in [0.717, 1.165) is 0 Å². The van der Waals surface area contributed by atoms with E-state index in [1.807, 2.05) is 19.9 Å². The van der Waals surface area contributed by atoms with E-state index >= 15 is 0 Å². The number of hydrogen-bond donors (Lipinski definition) is 1. The maximum atomic E-state index is 10.9. The predicted molar refractivity (Wildman–Crippen MR) is 70.9 cm³/mol. The molecule has 0 radical (unpaired) electrons. The summed E-state index contributed by atoms with van der Waals surface area (Å²) < 4.78 is 0. The number of anilines is 1. The fraction of sp³-hybridized carbons (Fsp3) is 0.385. The number of nitriles is 1. The van der Waals surface area contributed by atoms with Gasteiger partial charge >= 0.3 is 5.97 Å². The molecule has 0 fully saturated rings. The molecule has 0 unspecified atom stereocenters. The van der Waals surface area contributed by atoms with Crippen LogP contribution >= 0.6 is 11.6 Å². The van der Waals surface area contributed by atoms with Crippen molar-refractivity contribution in [1.29, 1.82) is 5.26 Å². The lowest BCUT2D eigenvalue weighted by Crippen LogP contribution is -2.33. The Balaban J connectivity index is 3.16. The van der Waals surface area contributed by atoms with Crippen LogP contribution < -0.4 is 4.90 Å². The van der Waals surface area contributed by atoms with Gasteiger partial charge in [0.2, 0.25) is 0 Å². The highest BCUT2D eigenvalue weighted by Crippen LogP contribution is 2.27. The lowest BCUT2D eigenvalue weighted by molar-refractivity contribution is -0.135. The lowest BCUT2D eigenvalue weighted by Gasteiger charge is -2.26. The molecule has 0 saturated carbocycles. The van der Waals surface area contributed by atoms with Crippen LogP contribution in [0.5, 0.6) is 0 Å². The van der Waals surface area contributed by atoms with Gasteiger partial charge in [-0.2, -0.15) is 5.26 Å². The lowest BCUT2D eigenvalue weighted by atomic mass is 10.1. The minimum Gasteiger partial charge on any atom is -0.480 e. The van der Waals surface area contributed by atoms with Gasteiger partial charge in [-0.3, -0.25) is 4.79 Å². The highest BCUT2D eigenvalue weighted by atomic mass is 35.5. The maximum Gasteiger partial charge on any atom is 0.323 e. The topological polar surface area (TPSA) is 64.3 Å². The van der Waals surface area contributed by atoms with Crippen LogP contribution in [0, 0.1) is 17.2 Å². The van der Waals surface area contributed by atoms with Gasteiger partial charge in [0, 0.05) is 6.54 Å². The zero-order chi connectivity index (χ0) is 13.7. The number of benzene rings is 1. The Morgan fingerprint density at radius 3 is 2.72 bits per heavy atom. The first-order valence-electron chi connectivity index (χ1n) is 5.61. The van der Waals surface area contributed by atoms with Crippen LogP contribution in [-0.2, 0) is 4.79 Å². The number of hydrogen-bond acceptors (Lipinski definition) is 3. The second-order valence-corrected chi connectivity index (χ2v) is 4.82. The summed E-state index contributed by atoms with van der Waals surface area (Å²) in [6, 6.07) is 7.08. The Bertz CT molecular complexity index is 480. The molecule has 0 aliphatic heterocycles. The van der Waals surface area contributed by atoms with Crippen molar-refractivity contribution in [3.63, 3.8) is 0 Å². The third kappa shape index (κ3) is 3.64. The molecular weight excluding hydrogens is 252 g/mol. The minimum atomic E-state index is -0.931. The minimum absolute atomic E-state index is 0.146. The number of carboxylic acid groups (broad SMARTS) is 1. The molecule has 0 aromatic heterocycles. The van der Waals surface area contributed by atoms with E-state index in [-0.39, 0.29) is 12.5 Å². The van der Waals surface area contributed by atoms with Crippen LogP contribution in [0.4, 0.5) is 5.69 Å². The van der Waals surface area contributed by atoms with Gasteiger partial charge in [0.25, 0.3) is 0 Å². The molecule has 96 valence electrons. The van der Waals surface area contributed by atoms with Gasteiger partial charge in [-0.1, -0.05) is 31.5 Å². The number of nitrogens with zero attached hydrogens (tertiary/aromatic N) is 2. The van der Waals surface area contributed by atoms with Gasteiger partial charge in [0.05, 0.1) is 16.3 Å². The van der Waals surface area contributed by atoms with Crippen molar-refractivity contribution in [3.05, 3.63) is 28.8 Å². The Labute approximate surface area is 111 Å². The molecule has 0 spiro atoms. The number of aliphatic carboxylic acids is 1. The predicted octanol–water partition coefficient (Wildman–Crippen LogP) is 2.76. The van der Waals surface area contributed by atoms with Crippen molar-refractivity contribution in [2.75, 3.05) is 18.0 Å². The number of carboxylic acids is 1. The Morgan fingerprint density at radius 2 is 2.22 bits per heavy atom. The smallest absolute Gasteiger partial charge is 0.323 e. The quantitative estimate of drug-likeness (QED) is 0.890. The molecule has 5 heteroatoms. The molecule has 0 bridgehead atoms. The van der Waals surface area contributed by atoms with Gasteiger partial charge in [-0.25, -0.2) is 0 Å². The third-order valence-electron chi connectivity index (χ3n) is 2.36. The molecule has 0 amide bonds. The molecule has 0 atom stereocenters. The Hall–Kier alpha value is -1.73. The van der Waals surface area contributed by atoms with Gasteiger partial charge < -0.3 is 10.0 Å². The zero-order valence-corrected chi connectivity index (χ0v) is 11.1. The summed E-state index contributed by atoms with van der Waals surface area (Å²) in [6.07, 6.45) is 0. The highest BCUT2D eigenvalue weighted by Gasteiger charge is 2.17. The van der Waals surface area contributed by atoms with E-state index < -0.39 is 5.97 Å². The second kappa shape index (κ2) is 6.27. The molecule has 0 aliphatic rings. The first kappa shape index (κ1) is 14.3. The normalized spacial score (nSPS) is 10.2. The molecule has 4 nitrogen and oxygen atoms in total. The standard InChI is InChI=1S/C13H15ClN2O2/c1-9(2)7-16(8-13(17)18)12-5-3-4-11(14)10(12)6-15/h3-5,9H,7-8H2,1-2H3,(H,17,18). The fourth-order valence-electron chi connectivity index (χ4n) is 1.74. The SMILES string of the molecule is CC(C)CN(CC(=O)O)c1cccc(Cl)c1C#N. The van der Waals surface area contributed by atoms with Crippen LogP contribution in [-0.4, -0.2) is 24.2 Å². The number of halogens is 1. The summed E-state index contributed by atoms with van der Waals surface area (Å²) in [5.41, 5.74) is 0.891. The van der Waals surface area contributed by atoms with E-state index in [1.54, 1.807) is 23.1 Å². The third-order valence-corrected chi connectivity index (χ3v) is 2.67. The van der Waals surface area contributed by atoms with Crippen molar-refractivity contribution in [1.82, 2.24) is 0 Å². The van der Waals surface area contributed by atoms with Crippen LogP contribution in [0.3, 0.4) is 0 Å². The molecule has 1 rings (SSSR count). The van der Waals surface area contributed by atoms with Gasteiger partial charge in [0.15, 0.2) is 0 Å². The first-order valence-corrected chi connectivity index (χ1v) is 5.98. The monoisotopic (exact) mass is 266 g/mol. The summed E-state index contributed by atoms with van der Waals surface area (Å²) in [4.78, 5) is 12.6. The summed E-state index contributed by atoms with van der Waals surface area (Å²) in [6.45, 7) is 4.39. The Morgan fingerprint density at radius 1 is 1.56 bits per heavy atom. The van der Waals surface area contributed by atoms with Gasteiger partial charge in [-0.05, 0) is 18.1 Å².